The van der Waals surface area contributed by atoms with E-state index in [2.05, 4.69) is 23.1 Å². The van der Waals surface area contributed by atoms with Gasteiger partial charge < -0.3 is 9.80 Å². The molecule has 3 nitrogen and oxygen atoms in total. The lowest BCUT2D eigenvalue weighted by molar-refractivity contribution is 0.0630. The first-order chi connectivity index (χ1) is 16.6. The van der Waals surface area contributed by atoms with Gasteiger partial charge in [0.2, 0.25) is 0 Å². The Morgan fingerprint density at radius 2 is 1.62 bits per heavy atom. The van der Waals surface area contributed by atoms with E-state index < -0.39 is 0 Å². The summed E-state index contributed by atoms with van der Waals surface area (Å²) in [5, 5.41) is 0. The maximum absolute atomic E-state index is 13.6. The molecule has 1 amide bonds. The molecule has 34 heavy (non-hydrogen) atoms. The standard InChI is InChI=1S/C29H30F2N2O/c30-25-10-8-23(9-11-25)29(34)33-19-14-22-4-1-2-7-27(22)28(33)15-18-32-16-12-21(13-17-32)24-5-3-6-26(31)20-24/h1-11,20-21,28H,12-19H2. The molecule has 0 N–H and O–H groups in total. The molecule has 3 aromatic rings. The summed E-state index contributed by atoms with van der Waals surface area (Å²) in [5.41, 5.74) is 4.15. The fraction of sp³-hybridized carbons (Fsp3) is 0.345. The molecule has 5 heteroatoms. The van der Waals surface area contributed by atoms with Crippen LogP contribution in [0.25, 0.3) is 0 Å². The summed E-state index contributed by atoms with van der Waals surface area (Å²) in [4.78, 5) is 17.8. The van der Waals surface area contributed by atoms with Crippen molar-refractivity contribution in [1.29, 1.82) is 0 Å². The third-order valence-corrected chi connectivity index (χ3v) is 7.39. The lowest BCUT2D eigenvalue weighted by Gasteiger charge is -2.39. The molecule has 3 aromatic carbocycles. The van der Waals surface area contributed by atoms with Gasteiger partial charge in [-0.3, -0.25) is 4.79 Å². The zero-order valence-electron chi connectivity index (χ0n) is 19.3. The van der Waals surface area contributed by atoms with Crippen LogP contribution in [0.4, 0.5) is 8.78 Å². The smallest absolute Gasteiger partial charge is 0.254 e. The molecular weight excluding hydrogens is 430 g/mol. The first kappa shape index (κ1) is 22.7. The fourth-order valence-corrected chi connectivity index (χ4v) is 5.52. The zero-order valence-corrected chi connectivity index (χ0v) is 19.3. The van der Waals surface area contributed by atoms with Crippen LogP contribution < -0.4 is 0 Å². The van der Waals surface area contributed by atoms with Gasteiger partial charge in [0.15, 0.2) is 0 Å². The summed E-state index contributed by atoms with van der Waals surface area (Å²) in [6, 6.07) is 21.2. The van der Waals surface area contributed by atoms with E-state index in [-0.39, 0.29) is 23.6 Å². The van der Waals surface area contributed by atoms with Gasteiger partial charge in [0.25, 0.3) is 5.91 Å². The molecule has 1 saturated heterocycles. The highest BCUT2D eigenvalue weighted by atomic mass is 19.1. The highest BCUT2D eigenvalue weighted by Crippen LogP contribution is 2.35. The second-order valence-electron chi connectivity index (χ2n) is 9.43. The van der Waals surface area contributed by atoms with Crippen LogP contribution in [0.15, 0.2) is 72.8 Å². The van der Waals surface area contributed by atoms with Gasteiger partial charge >= 0.3 is 0 Å². The molecule has 0 bridgehead atoms. The molecule has 1 fully saturated rings. The number of amides is 1. The van der Waals surface area contributed by atoms with Gasteiger partial charge in [-0.05, 0) is 97.8 Å². The van der Waals surface area contributed by atoms with E-state index in [4.69, 9.17) is 0 Å². The van der Waals surface area contributed by atoms with Crippen molar-refractivity contribution in [2.75, 3.05) is 26.2 Å². The lowest BCUT2D eigenvalue weighted by Crippen LogP contribution is -2.42. The number of nitrogens with zero attached hydrogens (tertiary/aromatic N) is 2. The number of piperidine rings is 1. The predicted molar refractivity (Wildman–Crippen MR) is 130 cm³/mol. The number of hydrogen-bond donors (Lipinski definition) is 0. The molecular formula is C29H30F2N2O. The quantitative estimate of drug-likeness (QED) is 0.468. The molecule has 0 saturated carbocycles. The molecule has 0 aromatic heterocycles. The van der Waals surface area contributed by atoms with Crippen LogP contribution in [0.3, 0.4) is 0 Å². The summed E-state index contributed by atoms with van der Waals surface area (Å²) in [7, 11) is 0. The Bertz CT molecular complexity index is 1140. The van der Waals surface area contributed by atoms with Crippen LogP contribution in [0.5, 0.6) is 0 Å². The Balaban J connectivity index is 1.27. The van der Waals surface area contributed by atoms with E-state index in [9.17, 15) is 13.6 Å². The zero-order chi connectivity index (χ0) is 23.5. The van der Waals surface area contributed by atoms with Gasteiger partial charge in [-0.2, -0.15) is 0 Å². The van der Waals surface area contributed by atoms with Crippen molar-refractivity contribution in [2.45, 2.75) is 37.6 Å². The summed E-state index contributed by atoms with van der Waals surface area (Å²) >= 11 is 0. The monoisotopic (exact) mass is 460 g/mol. The topological polar surface area (TPSA) is 23.6 Å². The second-order valence-corrected chi connectivity index (χ2v) is 9.43. The Morgan fingerprint density at radius 3 is 2.38 bits per heavy atom. The van der Waals surface area contributed by atoms with Crippen LogP contribution in [-0.2, 0) is 6.42 Å². The summed E-state index contributed by atoms with van der Waals surface area (Å²) in [6.07, 6.45) is 3.72. The van der Waals surface area contributed by atoms with Crippen molar-refractivity contribution in [2.24, 2.45) is 0 Å². The summed E-state index contributed by atoms with van der Waals surface area (Å²) in [6.45, 7) is 3.52. The van der Waals surface area contributed by atoms with Gasteiger partial charge in [0.05, 0.1) is 6.04 Å². The van der Waals surface area contributed by atoms with Crippen LogP contribution in [-0.4, -0.2) is 41.9 Å². The van der Waals surface area contributed by atoms with E-state index >= 15 is 0 Å². The number of hydrogen-bond acceptors (Lipinski definition) is 2. The maximum atomic E-state index is 13.6. The molecule has 2 heterocycles. The number of carbonyl (C=O) groups excluding carboxylic acids is 1. The molecule has 5 rings (SSSR count). The Labute approximate surface area is 200 Å². The first-order valence-corrected chi connectivity index (χ1v) is 12.2. The summed E-state index contributed by atoms with van der Waals surface area (Å²) in [5.74, 6) is -0.135. The van der Waals surface area contributed by atoms with E-state index in [0.717, 1.165) is 50.9 Å². The minimum atomic E-state index is -0.335. The second kappa shape index (κ2) is 10.1. The number of fused-ring (bicyclic) bond motifs is 1. The number of halogens is 2. The van der Waals surface area contributed by atoms with Crippen molar-refractivity contribution < 1.29 is 13.6 Å². The molecule has 176 valence electrons. The average Bonchev–Trinajstić information content (AvgIpc) is 2.87. The van der Waals surface area contributed by atoms with Gasteiger partial charge in [0.1, 0.15) is 11.6 Å². The van der Waals surface area contributed by atoms with E-state index in [1.54, 1.807) is 24.3 Å². The van der Waals surface area contributed by atoms with Crippen molar-refractivity contribution in [1.82, 2.24) is 9.80 Å². The van der Waals surface area contributed by atoms with Crippen LogP contribution >= 0.6 is 0 Å². The summed E-state index contributed by atoms with van der Waals surface area (Å²) < 4.78 is 27.0. The molecule has 2 aliphatic heterocycles. The van der Waals surface area contributed by atoms with Crippen LogP contribution in [0.1, 0.15) is 58.3 Å². The number of likely N-dealkylation sites (tertiary alicyclic amines) is 1. The van der Waals surface area contributed by atoms with E-state index in [1.807, 2.05) is 17.0 Å². The van der Waals surface area contributed by atoms with E-state index in [0.29, 0.717) is 18.0 Å². The van der Waals surface area contributed by atoms with Gasteiger partial charge in [0, 0.05) is 18.7 Å². The largest absolute Gasteiger partial charge is 0.331 e. The van der Waals surface area contributed by atoms with Gasteiger partial charge in [-0.25, -0.2) is 8.78 Å². The van der Waals surface area contributed by atoms with E-state index in [1.165, 1.54) is 29.3 Å². The molecule has 0 aliphatic carbocycles. The third kappa shape index (κ3) is 4.90. The highest BCUT2D eigenvalue weighted by molar-refractivity contribution is 5.94. The Kier molecular flexibility index (Phi) is 6.73. The fourth-order valence-electron chi connectivity index (χ4n) is 5.52. The van der Waals surface area contributed by atoms with Crippen molar-refractivity contribution in [3.63, 3.8) is 0 Å². The van der Waals surface area contributed by atoms with Gasteiger partial charge in [-0.15, -0.1) is 0 Å². The maximum Gasteiger partial charge on any atom is 0.254 e. The molecule has 1 atom stereocenters. The lowest BCUT2D eigenvalue weighted by atomic mass is 9.88. The average molecular weight is 461 g/mol. The van der Waals surface area contributed by atoms with Gasteiger partial charge in [-0.1, -0.05) is 36.4 Å². The minimum absolute atomic E-state index is 0.00319. The Morgan fingerprint density at radius 1 is 0.853 bits per heavy atom. The normalized spacial score (nSPS) is 19.1. The number of carbonyl (C=O) groups is 1. The first-order valence-electron chi connectivity index (χ1n) is 12.2. The van der Waals surface area contributed by atoms with Crippen molar-refractivity contribution >= 4 is 5.91 Å². The van der Waals surface area contributed by atoms with Crippen LogP contribution in [0, 0.1) is 11.6 Å². The number of benzene rings is 3. The third-order valence-electron chi connectivity index (χ3n) is 7.39. The predicted octanol–water partition coefficient (Wildman–Crippen LogP) is 5.97. The number of rotatable bonds is 5. The molecule has 2 aliphatic rings. The molecule has 0 radical (unpaired) electrons. The van der Waals surface area contributed by atoms with Crippen LogP contribution in [0.2, 0.25) is 0 Å². The Hall–Kier alpha value is -3.05. The molecule has 1 unspecified atom stereocenters. The highest BCUT2D eigenvalue weighted by Gasteiger charge is 2.32. The SMILES string of the molecule is O=C(c1ccc(F)cc1)N1CCc2ccccc2C1CCN1CCC(c2cccc(F)c2)CC1. The van der Waals surface area contributed by atoms with Crippen molar-refractivity contribution in [3.05, 3.63) is 107 Å². The molecule has 0 spiro atoms. The van der Waals surface area contributed by atoms with Crippen molar-refractivity contribution in [3.8, 4) is 0 Å². The minimum Gasteiger partial charge on any atom is -0.331 e.